The molecule has 0 amide bonds. The predicted molar refractivity (Wildman–Crippen MR) is 96.2 cm³/mol. The molecule has 0 unspecified atom stereocenters. The van der Waals surface area contributed by atoms with E-state index in [1.165, 1.54) is 37.8 Å². The molecule has 3 nitrogen and oxygen atoms in total. The summed E-state index contributed by atoms with van der Waals surface area (Å²) in [6, 6.07) is 1.51. The van der Waals surface area contributed by atoms with Crippen molar-refractivity contribution in [2.75, 3.05) is 0 Å². The molecule has 140 valence electrons. The Morgan fingerprint density at radius 2 is 1.68 bits per heavy atom. The van der Waals surface area contributed by atoms with E-state index in [1.807, 2.05) is 0 Å². The molecule has 0 spiro atoms. The summed E-state index contributed by atoms with van der Waals surface area (Å²) in [5.41, 5.74) is 0. The molecular formula is C21H32FNO2. The number of hydrogen-bond donors (Lipinski definition) is 0. The van der Waals surface area contributed by atoms with Gasteiger partial charge in [0.05, 0.1) is 5.92 Å². The first-order valence-electron chi connectivity index (χ1n) is 10.1. The summed E-state index contributed by atoms with van der Waals surface area (Å²) >= 11 is 0. The Kier molecular flexibility index (Phi) is 8.44. The van der Waals surface area contributed by atoms with E-state index < -0.39 is 5.83 Å². The van der Waals surface area contributed by atoms with Crippen molar-refractivity contribution in [3.8, 4) is 6.07 Å². The van der Waals surface area contributed by atoms with Crippen molar-refractivity contribution < 1.29 is 13.9 Å². The molecule has 4 heteroatoms. The van der Waals surface area contributed by atoms with Gasteiger partial charge in [-0.25, -0.2) is 0 Å². The molecule has 2 aliphatic carbocycles. The SMILES string of the molecule is CCCC1CCC(C(=O)OC2CCC(CCC=C(F)C#N)CC2)CC1. The Hall–Kier alpha value is -1.37. The second-order valence-electron chi connectivity index (χ2n) is 7.83. The van der Waals surface area contributed by atoms with E-state index in [-0.39, 0.29) is 18.0 Å². The third-order valence-corrected chi connectivity index (χ3v) is 5.96. The number of ether oxygens (including phenoxy) is 1. The van der Waals surface area contributed by atoms with Gasteiger partial charge in [0.15, 0.2) is 5.83 Å². The summed E-state index contributed by atoms with van der Waals surface area (Å²) in [5, 5.41) is 8.40. The van der Waals surface area contributed by atoms with Gasteiger partial charge in [-0.05, 0) is 82.1 Å². The number of nitrogens with zero attached hydrogens (tertiary/aromatic N) is 1. The maximum Gasteiger partial charge on any atom is 0.309 e. The molecule has 0 atom stereocenters. The van der Waals surface area contributed by atoms with Crippen LogP contribution in [-0.4, -0.2) is 12.1 Å². The van der Waals surface area contributed by atoms with Crippen LogP contribution in [-0.2, 0) is 9.53 Å². The molecule has 2 saturated carbocycles. The molecule has 0 aliphatic heterocycles. The number of nitriles is 1. The molecule has 0 N–H and O–H groups in total. The molecule has 2 fully saturated rings. The molecular weight excluding hydrogens is 317 g/mol. The molecule has 0 heterocycles. The molecule has 0 bridgehead atoms. The van der Waals surface area contributed by atoms with Gasteiger partial charge in [0.25, 0.3) is 0 Å². The van der Waals surface area contributed by atoms with Crippen LogP contribution in [0.5, 0.6) is 0 Å². The van der Waals surface area contributed by atoms with E-state index in [2.05, 4.69) is 6.92 Å². The average molecular weight is 349 g/mol. The monoisotopic (exact) mass is 349 g/mol. The van der Waals surface area contributed by atoms with E-state index in [1.54, 1.807) is 0 Å². The minimum atomic E-state index is -0.684. The van der Waals surface area contributed by atoms with Crippen LogP contribution in [0.25, 0.3) is 0 Å². The van der Waals surface area contributed by atoms with E-state index in [0.717, 1.165) is 50.9 Å². The van der Waals surface area contributed by atoms with Gasteiger partial charge in [-0.2, -0.15) is 9.65 Å². The van der Waals surface area contributed by atoms with Gasteiger partial charge < -0.3 is 4.74 Å². The zero-order valence-corrected chi connectivity index (χ0v) is 15.5. The fourth-order valence-corrected chi connectivity index (χ4v) is 4.39. The van der Waals surface area contributed by atoms with Crippen LogP contribution >= 0.6 is 0 Å². The summed E-state index contributed by atoms with van der Waals surface area (Å²) in [6.07, 6.45) is 13.8. The fourth-order valence-electron chi connectivity index (χ4n) is 4.39. The van der Waals surface area contributed by atoms with Crippen LogP contribution in [0.15, 0.2) is 11.9 Å². The Morgan fingerprint density at radius 1 is 1.08 bits per heavy atom. The first-order valence-corrected chi connectivity index (χ1v) is 10.1. The van der Waals surface area contributed by atoms with Crippen molar-refractivity contribution in [3.63, 3.8) is 0 Å². The maximum atomic E-state index is 12.8. The minimum Gasteiger partial charge on any atom is -0.462 e. The number of carbonyl (C=O) groups is 1. The number of rotatable bonds is 7. The van der Waals surface area contributed by atoms with Crippen molar-refractivity contribution in [1.82, 2.24) is 0 Å². The average Bonchev–Trinajstić information content (AvgIpc) is 2.64. The van der Waals surface area contributed by atoms with E-state index in [9.17, 15) is 9.18 Å². The van der Waals surface area contributed by atoms with Crippen molar-refractivity contribution in [3.05, 3.63) is 11.9 Å². The van der Waals surface area contributed by atoms with Gasteiger partial charge in [0.2, 0.25) is 0 Å². The van der Waals surface area contributed by atoms with E-state index >= 15 is 0 Å². The number of allylic oxidation sites excluding steroid dienone is 2. The van der Waals surface area contributed by atoms with Crippen LogP contribution in [0, 0.1) is 29.1 Å². The number of esters is 1. The Labute approximate surface area is 151 Å². The Morgan fingerprint density at radius 3 is 2.28 bits per heavy atom. The predicted octanol–water partition coefficient (Wildman–Crippen LogP) is 5.85. The molecule has 0 aromatic rings. The molecule has 0 saturated heterocycles. The van der Waals surface area contributed by atoms with Crippen LogP contribution in [0.2, 0.25) is 0 Å². The summed E-state index contributed by atoms with van der Waals surface area (Å²) in [6.45, 7) is 2.23. The van der Waals surface area contributed by atoms with E-state index in [0.29, 0.717) is 12.3 Å². The van der Waals surface area contributed by atoms with Crippen molar-refractivity contribution in [1.29, 1.82) is 5.26 Å². The van der Waals surface area contributed by atoms with Crippen LogP contribution in [0.1, 0.15) is 84.0 Å². The van der Waals surface area contributed by atoms with Gasteiger partial charge in [0.1, 0.15) is 12.2 Å². The molecule has 2 rings (SSSR count). The maximum absolute atomic E-state index is 12.8. The number of hydrogen-bond acceptors (Lipinski definition) is 3. The van der Waals surface area contributed by atoms with Crippen molar-refractivity contribution in [2.45, 2.75) is 90.1 Å². The quantitative estimate of drug-likeness (QED) is 0.428. The molecule has 0 aromatic carbocycles. The topological polar surface area (TPSA) is 50.1 Å². The lowest BCUT2D eigenvalue weighted by Gasteiger charge is -2.31. The van der Waals surface area contributed by atoms with Gasteiger partial charge in [-0.1, -0.05) is 19.8 Å². The van der Waals surface area contributed by atoms with Gasteiger partial charge in [-0.15, -0.1) is 0 Å². The highest BCUT2D eigenvalue weighted by Crippen LogP contribution is 2.34. The van der Waals surface area contributed by atoms with Crippen LogP contribution in [0.3, 0.4) is 0 Å². The van der Waals surface area contributed by atoms with E-state index in [4.69, 9.17) is 10.00 Å². The fraction of sp³-hybridized carbons (Fsp3) is 0.810. The first kappa shape index (κ1) is 19.9. The lowest BCUT2D eigenvalue weighted by molar-refractivity contribution is -0.157. The van der Waals surface area contributed by atoms with Gasteiger partial charge in [-0.3, -0.25) is 4.79 Å². The smallest absolute Gasteiger partial charge is 0.309 e. The zero-order chi connectivity index (χ0) is 18.1. The molecule has 2 aliphatic rings. The van der Waals surface area contributed by atoms with Gasteiger partial charge >= 0.3 is 5.97 Å². The standard InChI is InChI=1S/C21H32FNO2/c1-2-4-16-7-11-18(12-8-16)21(24)25-20-13-9-17(10-14-20)5-3-6-19(22)15-23/h6,16-18,20H,2-5,7-14H2,1H3. The molecule has 0 radical (unpaired) electrons. The third kappa shape index (κ3) is 6.80. The lowest BCUT2D eigenvalue weighted by atomic mass is 9.80. The van der Waals surface area contributed by atoms with Crippen LogP contribution < -0.4 is 0 Å². The summed E-state index contributed by atoms with van der Waals surface area (Å²) in [5.74, 6) is 0.824. The first-order chi connectivity index (χ1) is 12.1. The molecule has 0 aromatic heterocycles. The highest BCUT2D eigenvalue weighted by molar-refractivity contribution is 5.72. The van der Waals surface area contributed by atoms with Gasteiger partial charge in [0, 0.05) is 0 Å². The largest absolute Gasteiger partial charge is 0.462 e. The highest BCUT2D eigenvalue weighted by Gasteiger charge is 2.30. The summed E-state index contributed by atoms with van der Waals surface area (Å²) in [4.78, 5) is 12.4. The summed E-state index contributed by atoms with van der Waals surface area (Å²) < 4.78 is 18.6. The summed E-state index contributed by atoms with van der Waals surface area (Å²) in [7, 11) is 0. The zero-order valence-electron chi connectivity index (χ0n) is 15.5. The highest BCUT2D eigenvalue weighted by atomic mass is 19.1. The lowest BCUT2D eigenvalue weighted by Crippen LogP contribution is -2.30. The van der Waals surface area contributed by atoms with Crippen LogP contribution in [0.4, 0.5) is 4.39 Å². The second kappa shape index (κ2) is 10.6. The number of halogens is 1. The minimum absolute atomic E-state index is 0.0254. The Bertz CT molecular complexity index is 481. The number of carbonyl (C=O) groups excluding carboxylic acids is 1. The third-order valence-electron chi connectivity index (χ3n) is 5.96. The second-order valence-corrected chi connectivity index (χ2v) is 7.83. The van der Waals surface area contributed by atoms with Crippen molar-refractivity contribution >= 4 is 5.97 Å². The normalized spacial score (nSPS) is 30.5. The Balaban J connectivity index is 1.63. The van der Waals surface area contributed by atoms with Crippen molar-refractivity contribution in [2.24, 2.45) is 17.8 Å². The molecule has 25 heavy (non-hydrogen) atoms.